The number of ether oxygens (including phenoxy) is 1. The van der Waals surface area contributed by atoms with Gasteiger partial charge in [0.1, 0.15) is 12.4 Å². The summed E-state index contributed by atoms with van der Waals surface area (Å²) in [6, 6.07) is 14.7. The van der Waals surface area contributed by atoms with E-state index in [0.29, 0.717) is 22.7 Å². The predicted octanol–water partition coefficient (Wildman–Crippen LogP) is 4.27. The molecule has 2 atom stereocenters. The summed E-state index contributed by atoms with van der Waals surface area (Å²) in [6.07, 6.45) is 0.545. The molecule has 2 unspecified atom stereocenters. The third kappa shape index (κ3) is 3.58. The van der Waals surface area contributed by atoms with E-state index >= 15 is 0 Å². The maximum atomic E-state index is 14.5. The number of rotatable bonds is 4. The summed E-state index contributed by atoms with van der Waals surface area (Å²) in [5, 5.41) is 3.20. The fraction of sp³-hybridized carbons (Fsp3) is 0.316. The Balaban J connectivity index is 1.36. The van der Waals surface area contributed by atoms with Gasteiger partial charge >= 0.3 is 6.09 Å². The van der Waals surface area contributed by atoms with E-state index < -0.39 is 6.09 Å². The van der Waals surface area contributed by atoms with Crippen molar-refractivity contribution in [2.75, 3.05) is 22.5 Å². The van der Waals surface area contributed by atoms with Crippen LogP contribution in [0.2, 0.25) is 0 Å². The number of hydrogen-bond acceptors (Lipinski definition) is 4. The van der Waals surface area contributed by atoms with Gasteiger partial charge in [-0.3, -0.25) is 5.32 Å². The Bertz CT molecular complexity index is 771. The molecule has 25 heavy (non-hydrogen) atoms. The molecule has 0 aromatic heterocycles. The molecule has 2 heterocycles. The van der Waals surface area contributed by atoms with Crippen LogP contribution in [-0.2, 0) is 11.3 Å². The Labute approximate surface area is 150 Å². The zero-order valence-electron chi connectivity index (χ0n) is 13.7. The summed E-state index contributed by atoms with van der Waals surface area (Å²) >= 11 is 1.97. The number of nitrogens with one attached hydrogen (secondary N) is 1. The number of anilines is 2. The molecule has 0 spiro atoms. The Morgan fingerprint density at radius 2 is 2.12 bits per heavy atom. The number of fused-ring (bicyclic) bond motifs is 2. The van der Waals surface area contributed by atoms with Gasteiger partial charge in [0.25, 0.3) is 0 Å². The summed E-state index contributed by atoms with van der Waals surface area (Å²) in [5.74, 6) is 0.758. The Kier molecular flexibility index (Phi) is 4.53. The van der Waals surface area contributed by atoms with Gasteiger partial charge in [0.2, 0.25) is 0 Å². The monoisotopic (exact) mass is 358 g/mol. The molecule has 0 saturated carbocycles. The lowest BCUT2D eigenvalue weighted by Crippen LogP contribution is -2.34. The quantitative estimate of drug-likeness (QED) is 0.886. The van der Waals surface area contributed by atoms with Crippen molar-refractivity contribution in [3.05, 3.63) is 59.9 Å². The van der Waals surface area contributed by atoms with Gasteiger partial charge in [-0.05, 0) is 30.2 Å². The highest BCUT2D eigenvalue weighted by molar-refractivity contribution is 8.00. The van der Waals surface area contributed by atoms with Crippen LogP contribution in [-0.4, -0.2) is 29.7 Å². The Hall–Kier alpha value is -2.21. The molecule has 2 fully saturated rings. The van der Waals surface area contributed by atoms with E-state index in [2.05, 4.69) is 10.2 Å². The molecule has 130 valence electrons. The molecule has 0 radical (unpaired) electrons. The second-order valence-electron chi connectivity index (χ2n) is 6.35. The highest BCUT2D eigenvalue weighted by Gasteiger charge is 2.39. The SMILES string of the molecule is O=C(Nc1ccc(N2CC3CC2CS3)c(F)c1)OCc1ccccc1. The van der Waals surface area contributed by atoms with E-state index in [1.807, 2.05) is 42.1 Å². The smallest absolute Gasteiger partial charge is 0.411 e. The molecule has 2 bridgehead atoms. The number of hydrogen-bond donors (Lipinski definition) is 1. The first kappa shape index (κ1) is 16.3. The first-order chi connectivity index (χ1) is 12.2. The fourth-order valence-electron chi connectivity index (χ4n) is 3.39. The molecule has 2 aromatic carbocycles. The largest absolute Gasteiger partial charge is 0.444 e. The van der Waals surface area contributed by atoms with E-state index in [4.69, 9.17) is 4.74 Å². The van der Waals surface area contributed by atoms with Gasteiger partial charge in [0.15, 0.2) is 0 Å². The van der Waals surface area contributed by atoms with Gasteiger partial charge < -0.3 is 9.64 Å². The van der Waals surface area contributed by atoms with Crippen molar-refractivity contribution in [3.8, 4) is 0 Å². The molecular weight excluding hydrogens is 339 g/mol. The summed E-state index contributed by atoms with van der Waals surface area (Å²) in [7, 11) is 0. The van der Waals surface area contributed by atoms with Crippen molar-refractivity contribution in [2.24, 2.45) is 0 Å². The molecule has 0 aliphatic carbocycles. The molecule has 2 aliphatic heterocycles. The van der Waals surface area contributed by atoms with Crippen LogP contribution in [0.1, 0.15) is 12.0 Å². The molecule has 4 nitrogen and oxygen atoms in total. The molecule has 4 rings (SSSR count). The lowest BCUT2D eigenvalue weighted by Gasteiger charge is -2.29. The number of amides is 1. The minimum absolute atomic E-state index is 0.182. The zero-order chi connectivity index (χ0) is 17.2. The van der Waals surface area contributed by atoms with Gasteiger partial charge in [-0.25, -0.2) is 9.18 Å². The minimum Gasteiger partial charge on any atom is -0.444 e. The van der Waals surface area contributed by atoms with Gasteiger partial charge in [-0.15, -0.1) is 0 Å². The second kappa shape index (κ2) is 6.96. The molecule has 2 saturated heterocycles. The van der Waals surface area contributed by atoms with Gasteiger partial charge in [0, 0.05) is 29.3 Å². The average Bonchev–Trinajstić information content (AvgIpc) is 3.24. The first-order valence-electron chi connectivity index (χ1n) is 8.34. The van der Waals surface area contributed by atoms with Crippen molar-refractivity contribution in [2.45, 2.75) is 24.3 Å². The molecule has 1 N–H and O–H groups in total. The predicted molar refractivity (Wildman–Crippen MR) is 98.6 cm³/mol. The number of carbonyl (C=O) groups excluding carboxylic acids is 1. The lowest BCUT2D eigenvalue weighted by molar-refractivity contribution is 0.155. The molecule has 2 aliphatic rings. The third-order valence-electron chi connectivity index (χ3n) is 4.62. The Morgan fingerprint density at radius 1 is 1.28 bits per heavy atom. The third-order valence-corrected chi connectivity index (χ3v) is 6.01. The highest BCUT2D eigenvalue weighted by atomic mass is 32.2. The number of halogens is 1. The van der Waals surface area contributed by atoms with E-state index in [0.717, 1.165) is 24.3 Å². The second-order valence-corrected chi connectivity index (χ2v) is 7.68. The van der Waals surface area contributed by atoms with Crippen LogP contribution in [0.25, 0.3) is 0 Å². The van der Waals surface area contributed by atoms with E-state index in [1.165, 1.54) is 6.07 Å². The van der Waals surface area contributed by atoms with Crippen molar-refractivity contribution in [1.82, 2.24) is 0 Å². The van der Waals surface area contributed by atoms with Crippen LogP contribution in [0, 0.1) is 5.82 Å². The van der Waals surface area contributed by atoms with E-state index in [9.17, 15) is 9.18 Å². The van der Waals surface area contributed by atoms with Crippen LogP contribution >= 0.6 is 11.8 Å². The van der Waals surface area contributed by atoms with Crippen LogP contribution in [0.15, 0.2) is 48.5 Å². The number of nitrogens with zero attached hydrogens (tertiary/aromatic N) is 1. The maximum absolute atomic E-state index is 14.5. The lowest BCUT2D eigenvalue weighted by atomic mass is 10.2. The Morgan fingerprint density at radius 3 is 2.80 bits per heavy atom. The molecule has 2 aromatic rings. The minimum atomic E-state index is -0.590. The highest BCUT2D eigenvalue weighted by Crippen LogP contribution is 2.41. The van der Waals surface area contributed by atoms with E-state index in [1.54, 1.807) is 12.1 Å². The summed E-state index contributed by atoms with van der Waals surface area (Å²) in [4.78, 5) is 14.0. The van der Waals surface area contributed by atoms with Crippen molar-refractivity contribution >= 4 is 29.2 Å². The molecule has 1 amide bonds. The van der Waals surface area contributed by atoms with E-state index in [-0.39, 0.29) is 12.4 Å². The molecular formula is C19H19FN2O2S. The number of thioether (sulfide) groups is 1. The summed E-state index contributed by atoms with van der Waals surface area (Å²) in [6.45, 7) is 1.08. The van der Waals surface area contributed by atoms with Crippen LogP contribution in [0.3, 0.4) is 0 Å². The maximum Gasteiger partial charge on any atom is 0.411 e. The summed E-state index contributed by atoms with van der Waals surface area (Å²) in [5.41, 5.74) is 1.93. The molecule has 6 heteroatoms. The van der Waals surface area contributed by atoms with Crippen molar-refractivity contribution in [1.29, 1.82) is 0 Å². The summed E-state index contributed by atoms with van der Waals surface area (Å²) < 4.78 is 19.6. The first-order valence-corrected chi connectivity index (χ1v) is 9.39. The van der Waals surface area contributed by atoms with Gasteiger partial charge in [0.05, 0.1) is 5.69 Å². The normalized spacial score (nSPS) is 21.4. The van der Waals surface area contributed by atoms with Crippen LogP contribution < -0.4 is 10.2 Å². The average molecular weight is 358 g/mol. The standard InChI is InChI=1S/C19H19FN2O2S/c20-17-8-14(21-19(23)24-11-13-4-2-1-3-5-13)6-7-18(17)22-10-16-9-15(22)12-25-16/h1-8,15-16H,9-12H2,(H,21,23). The van der Waals surface area contributed by atoms with Crippen molar-refractivity contribution in [3.63, 3.8) is 0 Å². The van der Waals surface area contributed by atoms with Crippen LogP contribution in [0.5, 0.6) is 0 Å². The number of benzene rings is 2. The fourth-order valence-corrected chi connectivity index (χ4v) is 4.82. The van der Waals surface area contributed by atoms with Crippen LogP contribution in [0.4, 0.5) is 20.6 Å². The van der Waals surface area contributed by atoms with Gasteiger partial charge in [-0.1, -0.05) is 30.3 Å². The van der Waals surface area contributed by atoms with Crippen molar-refractivity contribution < 1.29 is 13.9 Å². The topological polar surface area (TPSA) is 41.6 Å². The van der Waals surface area contributed by atoms with Gasteiger partial charge in [-0.2, -0.15) is 11.8 Å². The zero-order valence-corrected chi connectivity index (χ0v) is 14.5. The number of carbonyl (C=O) groups is 1.